The highest BCUT2D eigenvalue weighted by Gasteiger charge is 2.23. The molecule has 2 rings (SSSR count). The molecule has 0 bridgehead atoms. The van der Waals surface area contributed by atoms with Crippen molar-refractivity contribution >= 4 is 17.8 Å². The Labute approximate surface area is 169 Å². The van der Waals surface area contributed by atoms with Gasteiger partial charge in [0.2, 0.25) is 0 Å². The lowest BCUT2D eigenvalue weighted by atomic mass is 10.0. The molecule has 0 fully saturated rings. The molecule has 1 aromatic carbocycles. The summed E-state index contributed by atoms with van der Waals surface area (Å²) in [6.07, 6.45) is 9.81. The number of amides is 1. The number of nitrogens with one attached hydrogen (secondary N) is 1. The quantitative estimate of drug-likeness (QED) is 0.557. The second kappa shape index (κ2) is 9.36. The van der Waals surface area contributed by atoms with Crippen molar-refractivity contribution in [2.24, 2.45) is 4.99 Å². The summed E-state index contributed by atoms with van der Waals surface area (Å²) in [5.41, 5.74) is 6.93. The van der Waals surface area contributed by atoms with Crippen LogP contribution in [0.1, 0.15) is 38.8 Å². The minimum atomic E-state index is -0.00648. The Morgan fingerprint density at radius 1 is 1.25 bits per heavy atom. The molecule has 0 aliphatic carbocycles. The van der Waals surface area contributed by atoms with Crippen molar-refractivity contribution < 1.29 is 4.79 Å². The molecule has 0 aromatic heterocycles. The van der Waals surface area contributed by atoms with Gasteiger partial charge in [-0.3, -0.25) is 9.79 Å². The minimum absolute atomic E-state index is 0.00298. The van der Waals surface area contributed by atoms with Crippen LogP contribution < -0.4 is 5.32 Å². The van der Waals surface area contributed by atoms with Gasteiger partial charge in [0.15, 0.2) is 0 Å². The molecular weight excluding hydrogens is 346 g/mol. The molecular formula is C24H31N3O. The predicted molar refractivity (Wildman–Crippen MR) is 120 cm³/mol. The first-order chi connectivity index (χ1) is 13.3. The van der Waals surface area contributed by atoms with Crippen molar-refractivity contribution in [3.63, 3.8) is 0 Å². The first-order valence-electron chi connectivity index (χ1n) is 9.61. The van der Waals surface area contributed by atoms with E-state index < -0.39 is 0 Å². The summed E-state index contributed by atoms with van der Waals surface area (Å²) in [6, 6.07) is 6.25. The fraction of sp³-hybridized carbons (Fsp3) is 0.333. The van der Waals surface area contributed by atoms with Gasteiger partial charge in [-0.05, 0) is 64.3 Å². The van der Waals surface area contributed by atoms with Crippen LogP contribution in [0.4, 0.5) is 5.69 Å². The van der Waals surface area contributed by atoms with Gasteiger partial charge in [-0.25, -0.2) is 0 Å². The van der Waals surface area contributed by atoms with E-state index in [1.165, 1.54) is 5.56 Å². The SMILES string of the molecule is C/C=C(\C=NC)C1=CN(C(=O)/C(C)=C(\C)Nc2ccc(C)cc2C)C(C)C=C1. The molecule has 28 heavy (non-hydrogen) atoms. The fourth-order valence-corrected chi connectivity index (χ4v) is 3.12. The highest BCUT2D eigenvalue weighted by atomic mass is 16.2. The van der Waals surface area contributed by atoms with Gasteiger partial charge < -0.3 is 10.2 Å². The zero-order valence-electron chi connectivity index (χ0n) is 18.0. The Balaban J connectivity index is 2.30. The topological polar surface area (TPSA) is 44.7 Å². The average Bonchev–Trinajstić information content (AvgIpc) is 2.67. The minimum Gasteiger partial charge on any atom is -0.359 e. The van der Waals surface area contributed by atoms with Gasteiger partial charge in [0.1, 0.15) is 0 Å². The number of carbonyl (C=O) groups excluding carboxylic acids is 1. The van der Waals surface area contributed by atoms with Crippen LogP contribution in [-0.2, 0) is 4.79 Å². The number of hydrogen-bond acceptors (Lipinski definition) is 3. The van der Waals surface area contributed by atoms with Crippen LogP contribution in [0.25, 0.3) is 0 Å². The van der Waals surface area contributed by atoms with Gasteiger partial charge in [-0.15, -0.1) is 0 Å². The normalized spacial score (nSPS) is 18.2. The zero-order valence-corrected chi connectivity index (χ0v) is 18.0. The van der Waals surface area contributed by atoms with Gasteiger partial charge in [-0.1, -0.05) is 35.9 Å². The van der Waals surface area contributed by atoms with Crippen molar-refractivity contribution in [2.75, 3.05) is 12.4 Å². The highest BCUT2D eigenvalue weighted by molar-refractivity contribution is 5.96. The number of allylic oxidation sites excluding steroid dienone is 5. The highest BCUT2D eigenvalue weighted by Crippen LogP contribution is 2.23. The van der Waals surface area contributed by atoms with E-state index in [1.54, 1.807) is 11.9 Å². The molecule has 1 aliphatic heterocycles. The molecule has 1 unspecified atom stereocenters. The molecule has 1 atom stereocenters. The van der Waals surface area contributed by atoms with Crippen LogP contribution in [0.3, 0.4) is 0 Å². The van der Waals surface area contributed by atoms with Gasteiger partial charge in [0, 0.05) is 36.4 Å². The molecule has 0 saturated heterocycles. The second-order valence-corrected chi connectivity index (χ2v) is 7.22. The van der Waals surface area contributed by atoms with E-state index in [-0.39, 0.29) is 11.9 Å². The van der Waals surface area contributed by atoms with Gasteiger partial charge in [0.05, 0.1) is 6.04 Å². The Morgan fingerprint density at radius 2 is 1.96 bits per heavy atom. The maximum Gasteiger partial charge on any atom is 0.255 e. The largest absolute Gasteiger partial charge is 0.359 e. The Bertz CT molecular complexity index is 900. The van der Waals surface area contributed by atoms with E-state index in [2.05, 4.69) is 42.4 Å². The van der Waals surface area contributed by atoms with E-state index in [0.29, 0.717) is 5.57 Å². The van der Waals surface area contributed by atoms with Crippen LogP contribution >= 0.6 is 0 Å². The first kappa shape index (κ1) is 21.4. The van der Waals surface area contributed by atoms with Crippen LogP contribution in [0.15, 0.2) is 70.0 Å². The van der Waals surface area contributed by atoms with E-state index in [1.807, 2.05) is 58.3 Å². The number of anilines is 1. The summed E-state index contributed by atoms with van der Waals surface area (Å²) in [4.78, 5) is 19.1. The molecule has 1 aromatic rings. The van der Waals surface area contributed by atoms with Crippen molar-refractivity contribution in [2.45, 2.75) is 47.6 Å². The number of hydrogen-bond donors (Lipinski definition) is 1. The molecule has 0 spiro atoms. The monoisotopic (exact) mass is 377 g/mol. The predicted octanol–water partition coefficient (Wildman–Crippen LogP) is 5.33. The van der Waals surface area contributed by atoms with E-state index >= 15 is 0 Å². The lowest BCUT2D eigenvalue weighted by Gasteiger charge is -2.29. The summed E-state index contributed by atoms with van der Waals surface area (Å²) in [7, 11) is 1.75. The number of carbonyl (C=O) groups is 1. The Hall–Kier alpha value is -2.88. The summed E-state index contributed by atoms with van der Waals surface area (Å²) in [5, 5.41) is 3.40. The average molecular weight is 378 g/mol. The van der Waals surface area contributed by atoms with E-state index in [0.717, 1.165) is 28.1 Å². The van der Waals surface area contributed by atoms with E-state index in [4.69, 9.17) is 0 Å². The fourth-order valence-electron chi connectivity index (χ4n) is 3.12. The number of aliphatic imine (C=N–C) groups is 1. The smallest absolute Gasteiger partial charge is 0.255 e. The maximum absolute atomic E-state index is 13.2. The third-order valence-corrected chi connectivity index (χ3v) is 5.01. The lowest BCUT2D eigenvalue weighted by molar-refractivity contribution is -0.125. The number of benzene rings is 1. The molecule has 1 aliphatic rings. The molecule has 1 heterocycles. The van der Waals surface area contributed by atoms with Crippen LogP contribution in [0.2, 0.25) is 0 Å². The molecule has 4 nitrogen and oxygen atoms in total. The molecule has 4 heteroatoms. The molecule has 0 radical (unpaired) electrons. The standard InChI is InChI=1S/C24H31N3O/c1-8-21(14-25-7)22-11-10-18(4)27(15-22)24(28)19(5)20(6)26-23-12-9-16(2)13-17(23)3/h8-15,18,26H,1-7H3/b20-19+,21-8+,25-14?. The van der Waals surface area contributed by atoms with Crippen molar-refractivity contribution in [1.29, 1.82) is 0 Å². The van der Waals surface area contributed by atoms with Gasteiger partial charge in [-0.2, -0.15) is 0 Å². The summed E-state index contributed by atoms with van der Waals surface area (Å²) < 4.78 is 0. The van der Waals surface area contributed by atoms with Crippen molar-refractivity contribution in [1.82, 2.24) is 4.90 Å². The lowest BCUT2D eigenvalue weighted by Crippen LogP contribution is -2.36. The number of nitrogens with zero attached hydrogens (tertiary/aromatic N) is 2. The van der Waals surface area contributed by atoms with Crippen LogP contribution in [-0.4, -0.2) is 30.1 Å². The first-order valence-corrected chi connectivity index (χ1v) is 9.61. The number of rotatable bonds is 5. The Morgan fingerprint density at radius 3 is 2.57 bits per heavy atom. The van der Waals surface area contributed by atoms with Crippen LogP contribution in [0, 0.1) is 13.8 Å². The van der Waals surface area contributed by atoms with Crippen molar-refractivity contribution in [3.05, 3.63) is 76.2 Å². The molecule has 0 saturated carbocycles. The van der Waals surface area contributed by atoms with Crippen molar-refractivity contribution in [3.8, 4) is 0 Å². The molecule has 1 amide bonds. The summed E-state index contributed by atoms with van der Waals surface area (Å²) in [6.45, 7) is 12.0. The summed E-state index contributed by atoms with van der Waals surface area (Å²) in [5.74, 6) is -0.00648. The third kappa shape index (κ3) is 4.89. The maximum atomic E-state index is 13.2. The summed E-state index contributed by atoms with van der Waals surface area (Å²) >= 11 is 0. The van der Waals surface area contributed by atoms with Gasteiger partial charge in [0.25, 0.3) is 5.91 Å². The second-order valence-electron chi connectivity index (χ2n) is 7.22. The molecule has 148 valence electrons. The Kier molecular flexibility index (Phi) is 7.16. The third-order valence-electron chi connectivity index (χ3n) is 5.01. The van der Waals surface area contributed by atoms with E-state index in [9.17, 15) is 4.79 Å². The number of aryl methyl sites for hydroxylation is 2. The van der Waals surface area contributed by atoms with Crippen LogP contribution in [0.5, 0.6) is 0 Å². The van der Waals surface area contributed by atoms with Gasteiger partial charge >= 0.3 is 0 Å². The molecule has 1 N–H and O–H groups in total. The zero-order chi connectivity index (χ0) is 20.8.